The highest BCUT2D eigenvalue weighted by molar-refractivity contribution is 14.1. The number of aliphatic imine (C=N–C) groups is 1. The van der Waals surface area contributed by atoms with Crippen LogP contribution in [0.1, 0.15) is 5.56 Å². The minimum absolute atomic E-state index is 0.0698. The van der Waals surface area contributed by atoms with E-state index in [1.54, 1.807) is 18.2 Å². The number of anilines is 1. The zero-order valence-electron chi connectivity index (χ0n) is 14.1. The summed E-state index contributed by atoms with van der Waals surface area (Å²) >= 11 is 3.62. The van der Waals surface area contributed by atoms with E-state index < -0.39 is 11.4 Å². The molecule has 9 heteroatoms. The van der Waals surface area contributed by atoms with Crippen molar-refractivity contribution in [3.63, 3.8) is 0 Å². The molecule has 0 amide bonds. The molecule has 26 heavy (non-hydrogen) atoms. The number of fused-ring (bicyclic) bond motifs is 1. The molecule has 2 aliphatic rings. The molecule has 138 valence electrons. The van der Waals surface area contributed by atoms with Gasteiger partial charge in [0, 0.05) is 23.8 Å². The molecule has 1 aromatic heterocycles. The second kappa shape index (κ2) is 8.03. The number of thioether (sulfide) groups is 1. The van der Waals surface area contributed by atoms with Gasteiger partial charge in [0.2, 0.25) is 5.95 Å². The molecule has 0 bridgehead atoms. The van der Waals surface area contributed by atoms with Crippen LogP contribution in [0, 0.1) is 17.6 Å². The van der Waals surface area contributed by atoms with Gasteiger partial charge in [-0.25, -0.2) is 23.7 Å². The minimum atomic E-state index is -0.765. The largest absolute Gasteiger partial charge is 0.379 e. The summed E-state index contributed by atoms with van der Waals surface area (Å²) in [5, 5.41) is 0.455. The van der Waals surface area contributed by atoms with Crippen molar-refractivity contribution in [2.24, 2.45) is 16.6 Å². The summed E-state index contributed by atoms with van der Waals surface area (Å²) in [6.07, 6.45) is 2.26. The first-order chi connectivity index (χ1) is 12.6. The van der Waals surface area contributed by atoms with Crippen LogP contribution in [0.3, 0.4) is 0 Å². The van der Waals surface area contributed by atoms with Gasteiger partial charge in [-0.15, -0.1) is 0 Å². The summed E-state index contributed by atoms with van der Waals surface area (Å²) in [5.41, 5.74) is 5.72. The van der Waals surface area contributed by atoms with E-state index in [4.69, 9.17) is 5.73 Å². The summed E-state index contributed by atoms with van der Waals surface area (Å²) < 4.78 is 27.6. The van der Waals surface area contributed by atoms with E-state index in [0.717, 1.165) is 18.1 Å². The molecule has 1 aromatic carbocycles. The van der Waals surface area contributed by atoms with Gasteiger partial charge in [-0.05, 0) is 11.0 Å². The number of nitrogens with two attached hydrogens (primary N) is 1. The average molecular weight is 489 g/mol. The highest BCUT2D eigenvalue weighted by atomic mass is 127. The normalized spacial score (nSPS) is 24.4. The molecular weight excluding hydrogens is 471 g/mol. The molecule has 1 fully saturated rings. The summed E-state index contributed by atoms with van der Waals surface area (Å²) in [5.74, 6) is 0.437. The van der Waals surface area contributed by atoms with Gasteiger partial charge in [0.25, 0.3) is 0 Å². The van der Waals surface area contributed by atoms with Crippen molar-refractivity contribution >= 4 is 45.5 Å². The standard InChI is InChI=1S/C16H15F2N5S.CH3I/c17-11-5-20-15(21-6-11)23-7-10-8-24-14(19)22-16(10,9-23)12-3-1-2-4-13(12)18;1-2/h1-6,10H,7-9H2,(H2,19,22);1H3/t10-,16-;/m0./s1. The van der Waals surface area contributed by atoms with E-state index in [-0.39, 0.29) is 11.7 Å². The first-order valence-electron chi connectivity index (χ1n) is 7.92. The molecular formula is C17H18F2IN5S. The highest BCUT2D eigenvalue weighted by Crippen LogP contribution is 2.46. The number of hydrogen-bond donors (Lipinski definition) is 1. The number of benzene rings is 1. The molecule has 2 N–H and O–H groups in total. The zero-order chi connectivity index (χ0) is 18.7. The van der Waals surface area contributed by atoms with Crippen molar-refractivity contribution in [2.75, 3.05) is 28.7 Å². The molecule has 2 aliphatic heterocycles. The van der Waals surface area contributed by atoms with E-state index in [0.29, 0.717) is 29.8 Å². The Balaban J connectivity index is 0.000000948. The van der Waals surface area contributed by atoms with Gasteiger partial charge in [-0.3, -0.25) is 0 Å². The molecule has 0 unspecified atom stereocenters. The quantitative estimate of drug-likeness (QED) is 0.519. The van der Waals surface area contributed by atoms with Crippen molar-refractivity contribution in [1.82, 2.24) is 9.97 Å². The second-order valence-corrected chi connectivity index (χ2v) is 6.98. The second-order valence-electron chi connectivity index (χ2n) is 5.94. The van der Waals surface area contributed by atoms with Gasteiger partial charge in [0.15, 0.2) is 11.0 Å². The molecule has 3 heterocycles. The summed E-state index contributed by atoms with van der Waals surface area (Å²) in [6.45, 7) is 1.02. The van der Waals surface area contributed by atoms with Crippen molar-refractivity contribution in [1.29, 1.82) is 0 Å². The summed E-state index contributed by atoms with van der Waals surface area (Å²) in [6, 6.07) is 6.65. The lowest BCUT2D eigenvalue weighted by molar-refractivity contribution is 0.371. The third kappa shape index (κ3) is 3.51. The van der Waals surface area contributed by atoms with Crippen molar-refractivity contribution in [3.8, 4) is 0 Å². The lowest BCUT2D eigenvalue weighted by Crippen LogP contribution is -2.40. The Bertz CT molecular complexity index is 804. The van der Waals surface area contributed by atoms with Crippen molar-refractivity contribution < 1.29 is 8.78 Å². The number of alkyl halides is 1. The summed E-state index contributed by atoms with van der Waals surface area (Å²) in [7, 11) is 0. The number of aromatic nitrogens is 2. The van der Waals surface area contributed by atoms with Crippen LogP contribution in [-0.2, 0) is 5.54 Å². The maximum atomic E-state index is 14.5. The third-order valence-corrected chi connectivity index (χ3v) is 5.48. The molecule has 0 radical (unpaired) electrons. The van der Waals surface area contributed by atoms with Crippen LogP contribution in [0.2, 0.25) is 0 Å². The van der Waals surface area contributed by atoms with E-state index in [9.17, 15) is 8.78 Å². The van der Waals surface area contributed by atoms with Crippen LogP contribution in [0.4, 0.5) is 14.7 Å². The first kappa shape index (κ1) is 19.3. The number of amidine groups is 1. The van der Waals surface area contributed by atoms with Gasteiger partial charge in [0.05, 0.1) is 18.9 Å². The molecule has 1 saturated heterocycles. The molecule has 2 aromatic rings. The highest BCUT2D eigenvalue weighted by Gasteiger charge is 2.51. The first-order valence-corrected chi connectivity index (χ1v) is 11.1. The fourth-order valence-electron chi connectivity index (χ4n) is 3.43. The Morgan fingerprint density at radius 2 is 1.92 bits per heavy atom. The van der Waals surface area contributed by atoms with Gasteiger partial charge >= 0.3 is 0 Å². The Labute approximate surface area is 168 Å². The van der Waals surface area contributed by atoms with Crippen LogP contribution in [0.15, 0.2) is 41.7 Å². The maximum Gasteiger partial charge on any atom is 0.225 e. The third-order valence-electron chi connectivity index (χ3n) is 4.52. The number of nitrogens with zero attached hydrogens (tertiary/aromatic N) is 4. The minimum Gasteiger partial charge on any atom is -0.379 e. The number of halogens is 3. The zero-order valence-corrected chi connectivity index (χ0v) is 17.0. The molecule has 0 saturated carbocycles. The van der Waals surface area contributed by atoms with E-state index in [1.807, 2.05) is 9.83 Å². The van der Waals surface area contributed by atoms with Gasteiger partial charge in [-0.2, -0.15) is 0 Å². The van der Waals surface area contributed by atoms with Crippen LogP contribution in [0.5, 0.6) is 0 Å². The monoisotopic (exact) mass is 489 g/mol. The van der Waals surface area contributed by atoms with Crippen LogP contribution in [-0.4, -0.2) is 38.9 Å². The van der Waals surface area contributed by atoms with E-state index in [2.05, 4.69) is 37.6 Å². The number of hydrogen-bond acceptors (Lipinski definition) is 6. The molecule has 5 nitrogen and oxygen atoms in total. The average Bonchev–Trinajstić information content (AvgIpc) is 3.04. The smallest absolute Gasteiger partial charge is 0.225 e. The van der Waals surface area contributed by atoms with Crippen LogP contribution >= 0.6 is 34.4 Å². The Morgan fingerprint density at radius 1 is 1.23 bits per heavy atom. The van der Waals surface area contributed by atoms with Gasteiger partial charge in [0.1, 0.15) is 11.4 Å². The van der Waals surface area contributed by atoms with Crippen molar-refractivity contribution in [3.05, 3.63) is 53.9 Å². The lowest BCUT2D eigenvalue weighted by atomic mass is 9.81. The topological polar surface area (TPSA) is 67.4 Å². The molecule has 2 atom stereocenters. The predicted molar refractivity (Wildman–Crippen MR) is 110 cm³/mol. The Morgan fingerprint density at radius 3 is 2.62 bits per heavy atom. The van der Waals surface area contributed by atoms with Crippen molar-refractivity contribution in [2.45, 2.75) is 5.54 Å². The van der Waals surface area contributed by atoms with Gasteiger partial charge < -0.3 is 10.6 Å². The predicted octanol–water partition coefficient (Wildman–Crippen LogP) is 3.20. The van der Waals surface area contributed by atoms with E-state index in [1.165, 1.54) is 17.8 Å². The fourth-order valence-corrected chi connectivity index (χ4v) is 4.41. The van der Waals surface area contributed by atoms with Crippen LogP contribution in [0.25, 0.3) is 0 Å². The van der Waals surface area contributed by atoms with Crippen LogP contribution < -0.4 is 10.6 Å². The molecule has 0 spiro atoms. The molecule has 4 rings (SSSR count). The number of rotatable bonds is 2. The maximum absolute atomic E-state index is 14.5. The fraction of sp³-hybridized carbons (Fsp3) is 0.353. The SMILES string of the molecule is CI.NC1=N[C@@]2(c3ccccc3F)CN(c3ncc(F)cn3)C[C@H]2CS1. The Hall–Kier alpha value is -1.49. The van der Waals surface area contributed by atoms with Gasteiger partial charge in [-0.1, -0.05) is 52.6 Å². The Kier molecular flexibility index (Phi) is 5.96. The molecule has 0 aliphatic carbocycles. The summed E-state index contributed by atoms with van der Waals surface area (Å²) in [4.78, 5) is 16.6. The lowest BCUT2D eigenvalue weighted by Gasteiger charge is -2.34. The van der Waals surface area contributed by atoms with E-state index >= 15 is 0 Å².